The molecule has 0 radical (unpaired) electrons. The molecule has 1 aromatic carbocycles. The van der Waals surface area contributed by atoms with Gasteiger partial charge in [0.2, 0.25) is 11.8 Å². The Morgan fingerprint density at radius 1 is 1.38 bits per heavy atom. The fourth-order valence-corrected chi connectivity index (χ4v) is 2.11. The topological polar surface area (TPSA) is 93.4 Å². The number of amides is 2. The zero-order chi connectivity index (χ0) is 14.5. The molecule has 0 spiro atoms. The number of halogens is 1. The van der Waals surface area contributed by atoms with Crippen LogP contribution in [0.5, 0.6) is 0 Å². The van der Waals surface area contributed by atoms with Crippen LogP contribution in [0.25, 0.3) is 0 Å². The Morgan fingerprint density at radius 3 is 2.62 bits per heavy atom. The van der Waals surface area contributed by atoms with Gasteiger partial charge < -0.3 is 21.1 Å². The Labute approximate surface area is 129 Å². The Kier molecular flexibility index (Phi) is 6.61. The SMILES string of the molecule is C[C@H]1OCCN[C@@H]1C(=O)NCc1ccc(C(N)=O)cc1.Cl. The summed E-state index contributed by atoms with van der Waals surface area (Å²) >= 11 is 0. The zero-order valence-electron chi connectivity index (χ0n) is 11.8. The second-order valence-corrected chi connectivity index (χ2v) is 4.79. The molecular weight excluding hydrogens is 294 g/mol. The molecule has 2 amide bonds. The van der Waals surface area contributed by atoms with Crippen molar-refractivity contribution in [2.75, 3.05) is 13.2 Å². The first kappa shape index (κ1) is 17.4. The van der Waals surface area contributed by atoms with Gasteiger partial charge in [-0.1, -0.05) is 12.1 Å². The van der Waals surface area contributed by atoms with Crippen LogP contribution in [0.2, 0.25) is 0 Å². The smallest absolute Gasteiger partial charge is 0.248 e. The van der Waals surface area contributed by atoms with Crippen LogP contribution in [0.1, 0.15) is 22.8 Å². The molecule has 2 rings (SSSR count). The molecule has 21 heavy (non-hydrogen) atoms. The molecule has 0 unspecified atom stereocenters. The van der Waals surface area contributed by atoms with Crippen LogP contribution in [0.15, 0.2) is 24.3 Å². The zero-order valence-corrected chi connectivity index (χ0v) is 12.6. The van der Waals surface area contributed by atoms with Crippen molar-refractivity contribution in [3.63, 3.8) is 0 Å². The van der Waals surface area contributed by atoms with Gasteiger partial charge in [0.05, 0.1) is 12.7 Å². The van der Waals surface area contributed by atoms with Crippen LogP contribution in [0, 0.1) is 0 Å². The third-order valence-corrected chi connectivity index (χ3v) is 3.30. The van der Waals surface area contributed by atoms with E-state index < -0.39 is 5.91 Å². The summed E-state index contributed by atoms with van der Waals surface area (Å²) in [4.78, 5) is 23.0. The van der Waals surface area contributed by atoms with Crippen LogP contribution < -0.4 is 16.4 Å². The summed E-state index contributed by atoms with van der Waals surface area (Å²) in [5.41, 5.74) is 6.53. The van der Waals surface area contributed by atoms with Crippen molar-refractivity contribution in [1.82, 2.24) is 10.6 Å². The Morgan fingerprint density at radius 2 is 2.05 bits per heavy atom. The predicted molar refractivity (Wildman–Crippen MR) is 81.3 cm³/mol. The molecule has 0 saturated carbocycles. The molecule has 1 aliphatic rings. The summed E-state index contributed by atoms with van der Waals surface area (Å²) in [6, 6.07) is 6.51. The van der Waals surface area contributed by atoms with Gasteiger partial charge in [-0.25, -0.2) is 0 Å². The van der Waals surface area contributed by atoms with E-state index in [9.17, 15) is 9.59 Å². The minimum Gasteiger partial charge on any atom is -0.375 e. The van der Waals surface area contributed by atoms with E-state index in [2.05, 4.69) is 10.6 Å². The maximum Gasteiger partial charge on any atom is 0.248 e. The van der Waals surface area contributed by atoms with Gasteiger partial charge in [-0.3, -0.25) is 9.59 Å². The van der Waals surface area contributed by atoms with Crippen LogP contribution in [0.3, 0.4) is 0 Å². The number of hydrogen-bond acceptors (Lipinski definition) is 4. The summed E-state index contributed by atoms with van der Waals surface area (Å²) in [5.74, 6) is -0.547. The van der Waals surface area contributed by atoms with Gasteiger partial charge in [0.15, 0.2) is 0 Å². The lowest BCUT2D eigenvalue weighted by Crippen LogP contribution is -2.55. The number of nitrogens with one attached hydrogen (secondary N) is 2. The highest BCUT2D eigenvalue weighted by Gasteiger charge is 2.27. The molecule has 0 aliphatic carbocycles. The van der Waals surface area contributed by atoms with E-state index in [0.29, 0.717) is 25.3 Å². The summed E-state index contributed by atoms with van der Waals surface area (Å²) in [7, 11) is 0. The summed E-state index contributed by atoms with van der Waals surface area (Å²) in [6.45, 7) is 3.58. The number of nitrogens with two attached hydrogens (primary N) is 1. The maximum atomic E-state index is 12.0. The van der Waals surface area contributed by atoms with Crippen LogP contribution in [0.4, 0.5) is 0 Å². The second-order valence-electron chi connectivity index (χ2n) is 4.79. The van der Waals surface area contributed by atoms with E-state index in [0.717, 1.165) is 5.56 Å². The molecule has 0 bridgehead atoms. The lowest BCUT2D eigenvalue weighted by Gasteiger charge is -2.29. The lowest BCUT2D eigenvalue weighted by molar-refractivity contribution is -0.129. The van der Waals surface area contributed by atoms with Gasteiger partial charge in [-0.15, -0.1) is 12.4 Å². The number of ether oxygens (including phenoxy) is 1. The first-order valence-corrected chi connectivity index (χ1v) is 6.59. The minimum atomic E-state index is -0.460. The number of benzene rings is 1. The van der Waals surface area contributed by atoms with Gasteiger partial charge in [0, 0.05) is 18.7 Å². The van der Waals surface area contributed by atoms with Gasteiger partial charge in [0.1, 0.15) is 6.04 Å². The van der Waals surface area contributed by atoms with Gasteiger partial charge in [-0.2, -0.15) is 0 Å². The average Bonchev–Trinajstić information content (AvgIpc) is 2.45. The van der Waals surface area contributed by atoms with Crippen molar-refractivity contribution >= 4 is 24.2 Å². The molecular formula is C14H20ClN3O3. The van der Waals surface area contributed by atoms with Crippen molar-refractivity contribution in [3.05, 3.63) is 35.4 Å². The normalized spacial score (nSPS) is 21.2. The molecule has 1 fully saturated rings. The molecule has 6 nitrogen and oxygen atoms in total. The van der Waals surface area contributed by atoms with Crippen LogP contribution in [-0.4, -0.2) is 37.1 Å². The highest BCUT2D eigenvalue weighted by molar-refractivity contribution is 5.92. The number of primary amides is 1. The fraction of sp³-hybridized carbons (Fsp3) is 0.429. The largest absolute Gasteiger partial charge is 0.375 e. The maximum absolute atomic E-state index is 12.0. The van der Waals surface area contributed by atoms with E-state index in [1.54, 1.807) is 24.3 Å². The molecule has 0 aromatic heterocycles. The van der Waals surface area contributed by atoms with Crippen molar-refractivity contribution in [2.45, 2.75) is 25.6 Å². The number of hydrogen-bond donors (Lipinski definition) is 3. The molecule has 7 heteroatoms. The fourth-order valence-electron chi connectivity index (χ4n) is 2.11. The van der Waals surface area contributed by atoms with Gasteiger partial charge in [0.25, 0.3) is 0 Å². The summed E-state index contributed by atoms with van der Waals surface area (Å²) in [6.07, 6.45) is -0.138. The molecule has 1 saturated heterocycles. The molecule has 1 aromatic rings. The number of carbonyl (C=O) groups excluding carboxylic acids is 2. The summed E-state index contributed by atoms with van der Waals surface area (Å²) < 4.78 is 5.43. The van der Waals surface area contributed by atoms with E-state index in [4.69, 9.17) is 10.5 Å². The van der Waals surface area contributed by atoms with Crippen molar-refractivity contribution in [1.29, 1.82) is 0 Å². The Hall–Kier alpha value is -1.63. The van der Waals surface area contributed by atoms with Gasteiger partial charge >= 0.3 is 0 Å². The lowest BCUT2D eigenvalue weighted by atomic mass is 10.1. The van der Waals surface area contributed by atoms with Crippen molar-refractivity contribution in [2.24, 2.45) is 5.73 Å². The predicted octanol–water partition coefficient (Wildman–Crippen LogP) is 0.200. The molecule has 2 atom stereocenters. The third kappa shape index (κ3) is 4.70. The van der Waals surface area contributed by atoms with Crippen LogP contribution in [-0.2, 0) is 16.1 Å². The molecule has 116 valence electrons. The standard InChI is InChI=1S/C14H19N3O3.ClH/c1-9-12(16-6-7-20-9)14(19)17-8-10-2-4-11(5-3-10)13(15)18;/h2-5,9,12,16H,6-8H2,1H3,(H2,15,18)(H,17,19);1H/t9-,12+;/m1./s1. The average molecular weight is 314 g/mol. The third-order valence-electron chi connectivity index (χ3n) is 3.30. The molecule has 4 N–H and O–H groups in total. The highest BCUT2D eigenvalue weighted by atomic mass is 35.5. The Bertz CT molecular complexity index is 493. The Balaban J connectivity index is 0.00000220. The first-order valence-electron chi connectivity index (χ1n) is 6.59. The number of carbonyl (C=O) groups is 2. The van der Waals surface area contributed by atoms with Crippen molar-refractivity contribution < 1.29 is 14.3 Å². The monoisotopic (exact) mass is 313 g/mol. The number of rotatable bonds is 4. The highest BCUT2D eigenvalue weighted by Crippen LogP contribution is 2.06. The number of morpholine rings is 1. The quantitative estimate of drug-likeness (QED) is 0.740. The second kappa shape index (κ2) is 7.97. The molecule has 1 aliphatic heterocycles. The van der Waals surface area contributed by atoms with E-state index >= 15 is 0 Å². The van der Waals surface area contributed by atoms with E-state index in [1.807, 2.05) is 6.92 Å². The van der Waals surface area contributed by atoms with E-state index in [1.165, 1.54) is 0 Å². The van der Waals surface area contributed by atoms with Gasteiger partial charge in [-0.05, 0) is 24.6 Å². The van der Waals surface area contributed by atoms with E-state index in [-0.39, 0.29) is 30.5 Å². The van der Waals surface area contributed by atoms with Crippen molar-refractivity contribution in [3.8, 4) is 0 Å². The minimum absolute atomic E-state index is 0. The first-order chi connectivity index (χ1) is 9.58. The summed E-state index contributed by atoms with van der Waals surface area (Å²) in [5, 5.41) is 5.98. The van der Waals surface area contributed by atoms with Crippen LogP contribution >= 0.6 is 12.4 Å². The molecule has 1 heterocycles.